The number of nitrogens with one attached hydrogen (secondary N) is 2. The summed E-state index contributed by atoms with van der Waals surface area (Å²) in [6.45, 7) is 18.4. The van der Waals surface area contributed by atoms with Crippen molar-refractivity contribution in [2.75, 3.05) is 13.1 Å². The molecule has 240 valence electrons. The van der Waals surface area contributed by atoms with E-state index >= 15 is 0 Å². The van der Waals surface area contributed by atoms with Crippen molar-refractivity contribution in [3.05, 3.63) is 37.1 Å². The van der Waals surface area contributed by atoms with Gasteiger partial charge in [-0.15, -0.1) is 0 Å². The van der Waals surface area contributed by atoms with E-state index in [4.69, 9.17) is 0 Å². The van der Waals surface area contributed by atoms with Crippen molar-refractivity contribution < 1.29 is 13.2 Å². The van der Waals surface area contributed by atoms with E-state index in [9.17, 15) is 13.2 Å². The molecule has 6 unspecified atom stereocenters. The SMILES string of the molecule is C=C(C1CCC(Br)C(NCC(F)(F)F)C1)N1CCC2C3C(CCCC[C@@H]31)NN2C1CCC(C(C)C)CC1.C=CC(=C)C. The lowest BCUT2D eigenvalue weighted by Crippen LogP contribution is -2.56. The third kappa shape index (κ3) is 8.45. The van der Waals surface area contributed by atoms with E-state index in [-0.39, 0.29) is 16.8 Å². The molecule has 4 nitrogen and oxygen atoms in total. The van der Waals surface area contributed by atoms with Crippen molar-refractivity contribution >= 4 is 15.9 Å². The molecule has 0 radical (unpaired) electrons. The summed E-state index contributed by atoms with van der Waals surface area (Å²) in [4.78, 5) is 2.71. The molecule has 5 fully saturated rings. The van der Waals surface area contributed by atoms with Crippen LogP contribution in [-0.2, 0) is 0 Å². The summed E-state index contributed by atoms with van der Waals surface area (Å²) in [6.07, 6.45) is 11.7. The highest BCUT2D eigenvalue weighted by Crippen LogP contribution is 2.46. The Morgan fingerprint density at radius 1 is 1.00 bits per heavy atom. The van der Waals surface area contributed by atoms with Crippen molar-refractivity contribution in [2.45, 2.75) is 139 Å². The first-order valence-corrected chi connectivity index (χ1v) is 17.5. The number of hydrogen-bond acceptors (Lipinski definition) is 4. The Bertz CT molecular complexity index is 915. The second-order valence-corrected chi connectivity index (χ2v) is 15.3. The molecular weight excluding hydrogens is 601 g/mol. The number of nitrogens with zero attached hydrogens (tertiary/aromatic N) is 2. The minimum absolute atomic E-state index is 0.0882. The lowest BCUT2D eigenvalue weighted by molar-refractivity contribution is -0.126. The lowest BCUT2D eigenvalue weighted by Gasteiger charge is -2.50. The third-order valence-corrected chi connectivity index (χ3v) is 12.0. The number of likely N-dealkylation sites (tertiary alicyclic amines) is 1. The Morgan fingerprint density at radius 2 is 1.67 bits per heavy atom. The molecule has 7 atom stereocenters. The molecule has 0 aromatic heterocycles. The van der Waals surface area contributed by atoms with Crippen molar-refractivity contribution in [3.8, 4) is 0 Å². The highest BCUT2D eigenvalue weighted by Gasteiger charge is 2.52. The second-order valence-electron chi connectivity index (χ2n) is 14.1. The van der Waals surface area contributed by atoms with Crippen LogP contribution in [0.5, 0.6) is 0 Å². The van der Waals surface area contributed by atoms with Crippen LogP contribution in [0, 0.1) is 23.7 Å². The highest BCUT2D eigenvalue weighted by molar-refractivity contribution is 9.09. The first-order valence-electron chi connectivity index (χ1n) is 16.6. The Morgan fingerprint density at radius 3 is 2.29 bits per heavy atom. The summed E-state index contributed by atoms with van der Waals surface area (Å²) >= 11 is 3.65. The molecule has 0 spiro atoms. The first kappa shape index (κ1) is 34.1. The molecule has 42 heavy (non-hydrogen) atoms. The number of rotatable bonds is 7. The van der Waals surface area contributed by atoms with Gasteiger partial charge in [0.1, 0.15) is 0 Å². The minimum atomic E-state index is -4.18. The molecule has 3 aliphatic carbocycles. The molecule has 5 aliphatic rings. The minimum Gasteiger partial charge on any atom is -0.372 e. The summed E-state index contributed by atoms with van der Waals surface area (Å²) in [6, 6.07) is 2.16. The quantitative estimate of drug-likeness (QED) is 0.213. The van der Waals surface area contributed by atoms with Crippen LogP contribution in [0.4, 0.5) is 13.2 Å². The molecule has 0 aromatic carbocycles. The predicted molar refractivity (Wildman–Crippen MR) is 172 cm³/mol. The smallest absolute Gasteiger partial charge is 0.372 e. The maximum atomic E-state index is 12.9. The number of allylic oxidation sites excluding steroid dienone is 3. The van der Waals surface area contributed by atoms with Crippen molar-refractivity contribution in [3.63, 3.8) is 0 Å². The normalized spacial score (nSPS) is 37.3. The number of hydrogen-bond donors (Lipinski definition) is 2. The van der Waals surface area contributed by atoms with E-state index in [1.165, 1.54) is 57.1 Å². The zero-order chi connectivity index (χ0) is 30.6. The fourth-order valence-corrected chi connectivity index (χ4v) is 9.23. The number of piperidine rings is 1. The van der Waals surface area contributed by atoms with E-state index in [0.717, 1.165) is 49.6 Å². The van der Waals surface area contributed by atoms with Gasteiger partial charge in [0.2, 0.25) is 0 Å². The van der Waals surface area contributed by atoms with Crippen LogP contribution >= 0.6 is 15.9 Å². The molecule has 8 heteroatoms. The van der Waals surface area contributed by atoms with Crippen LogP contribution in [0.25, 0.3) is 0 Å². The summed E-state index contributed by atoms with van der Waals surface area (Å²) in [7, 11) is 0. The van der Waals surface area contributed by atoms with Gasteiger partial charge < -0.3 is 10.2 Å². The number of hydrazine groups is 1. The predicted octanol–water partition coefficient (Wildman–Crippen LogP) is 8.37. The van der Waals surface area contributed by atoms with Gasteiger partial charge in [-0.05, 0) is 88.9 Å². The van der Waals surface area contributed by atoms with Crippen molar-refractivity contribution in [1.29, 1.82) is 0 Å². The zero-order valence-electron chi connectivity index (χ0n) is 26.3. The van der Waals surface area contributed by atoms with Crippen molar-refractivity contribution in [1.82, 2.24) is 20.7 Å². The fraction of sp³-hybridized carbons (Fsp3) is 0.824. The molecule has 3 saturated carbocycles. The average Bonchev–Trinajstić information content (AvgIpc) is 3.19. The van der Waals surface area contributed by atoms with Gasteiger partial charge in [0.25, 0.3) is 0 Å². The van der Waals surface area contributed by atoms with Crippen molar-refractivity contribution in [2.24, 2.45) is 23.7 Å². The van der Waals surface area contributed by atoms with Gasteiger partial charge in [-0.2, -0.15) is 13.2 Å². The number of halogens is 4. The van der Waals surface area contributed by atoms with Crippen LogP contribution in [0.3, 0.4) is 0 Å². The Labute approximate surface area is 262 Å². The van der Waals surface area contributed by atoms with E-state index in [1.54, 1.807) is 6.08 Å². The van der Waals surface area contributed by atoms with E-state index in [2.05, 4.69) is 70.2 Å². The van der Waals surface area contributed by atoms with Gasteiger partial charge >= 0.3 is 6.18 Å². The van der Waals surface area contributed by atoms with Gasteiger partial charge in [-0.25, -0.2) is 5.01 Å². The largest absolute Gasteiger partial charge is 0.401 e. The molecule has 5 rings (SSSR count). The highest BCUT2D eigenvalue weighted by atomic mass is 79.9. The van der Waals surface area contributed by atoms with Gasteiger partial charge in [-0.1, -0.05) is 74.0 Å². The maximum absolute atomic E-state index is 12.9. The van der Waals surface area contributed by atoms with Crippen LogP contribution in [0.2, 0.25) is 0 Å². The Balaban J connectivity index is 0.000000748. The summed E-state index contributed by atoms with van der Waals surface area (Å²) in [5, 5.41) is 5.51. The van der Waals surface area contributed by atoms with Crippen LogP contribution in [0.15, 0.2) is 37.1 Å². The van der Waals surface area contributed by atoms with Crippen LogP contribution in [-0.4, -0.2) is 64.2 Å². The summed E-state index contributed by atoms with van der Waals surface area (Å²) in [5.41, 5.74) is 6.27. The van der Waals surface area contributed by atoms with E-state index in [1.807, 2.05) is 6.92 Å². The van der Waals surface area contributed by atoms with Gasteiger partial charge in [0, 0.05) is 53.2 Å². The Kier molecular flexibility index (Phi) is 12.1. The van der Waals surface area contributed by atoms with E-state index in [0.29, 0.717) is 30.1 Å². The molecular formula is C34H56BrF3N4. The topological polar surface area (TPSA) is 30.5 Å². The molecule has 2 N–H and O–H groups in total. The number of alkyl halides is 4. The molecule has 2 heterocycles. The summed E-state index contributed by atoms with van der Waals surface area (Å²) < 4.78 is 38.7. The monoisotopic (exact) mass is 656 g/mol. The molecule has 0 amide bonds. The van der Waals surface area contributed by atoms with E-state index < -0.39 is 12.7 Å². The maximum Gasteiger partial charge on any atom is 0.401 e. The first-order chi connectivity index (χ1) is 19.9. The summed E-state index contributed by atoms with van der Waals surface area (Å²) in [5.74, 6) is 2.56. The Hall–Kier alpha value is -0.830. The fourth-order valence-electron chi connectivity index (χ4n) is 8.56. The molecule has 2 aliphatic heterocycles. The molecule has 0 bridgehead atoms. The van der Waals surface area contributed by atoms with Crippen LogP contribution in [0.1, 0.15) is 97.8 Å². The van der Waals surface area contributed by atoms with Crippen LogP contribution < -0.4 is 10.7 Å². The average molecular weight is 658 g/mol. The second kappa shape index (κ2) is 15.0. The van der Waals surface area contributed by atoms with Gasteiger partial charge in [0.15, 0.2) is 0 Å². The van der Waals surface area contributed by atoms with Gasteiger partial charge in [-0.3, -0.25) is 5.43 Å². The third-order valence-electron chi connectivity index (χ3n) is 11.0. The standard InChI is InChI=1S/C29H48BrF3N4.C5H8/c1-18(2)20-8-11-22(12-9-20)37-27-14-15-36(26-7-5-4-6-24(35-37)28(26)27)19(3)21-10-13-23(30)25(16-21)34-17-29(31,32)33;1-4-5(2)3/h18,20-28,34-35H,3-17H2,1-2H3;4H,1-2H2,3H3/t20?,21?,22?,23?,24?,25?,26-,27?,28?;/m0./s1. The molecule has 2 saturated heterocycles. The zero-order valence-corrected chi connectivity index (χ0v) is 27.9. The van der Waals surface area contributed by atoms with Gasteiger partial charge in [0.05, 0.1) is 6.54 Å². The lowest BCUT2D eigenvalue weighted by atomic mass is 9.76. The molecule has 0 aromatic rings.